The van der Waals surface area contributed by atoms with Gasteiger partial charge in [-0.25, -0.2) is 0 Å². The molecule has 1 saturated carbocycles. The van der Waals surface area contributed by atoms with E-state index < -0.39 is 0 Å². The maximum absolute atomic E-state index is 9.38. The maximum Gasteiger partial charge on any atom is 0.103 e. The highest BCUT2D eigenvalue weighted by Gasteiger charge is 2.30. The molecular weight excluding hydrogens is 270 g/mol. The molecule has 0 spiro atoms. The molecule has 0 heterocycles. The van der Waals surface area contributed by atoms with Crippen molar-refractivity contribution in [2.24, 2.45) is 11.7 Å². The molecule has 0 saturated heterocycles. The number of rotatable bonds is 4. The van der Waals surface area contributed by atoms with Crippen molar-refractivity contribution in [2.45, 2.75) is 38.6 Å². The summed E-state index contributed by atoms with van der Waals surface area (Å²) in [5.41, 5.74) is 7.48. The minimum Gasteiger partial charge on any atom is -0.367 e. The Bertz CT molecular complexity index is 495. The van der Waals surface area contributed by atoms with E-state index in [9.17, 15) is 5.26 Å². The van der Waals surface area contributed by atoms with E-state index in [4.69, 9.17) is 17.3 Å². The first-order valence-electron chi connectivity index (χ1n) is 7.38. The second-order valence-corrected chi connectivity index (χ2v) is 5.79. The molecule has 0 amide bonds. The molecule has 2 rings (SSSR count). The predicted octanol–water partition coefficient (Wildman–Crippen LogP) is 3.56. The fourth-order valence-electron chi connectivity index (χ4n) is 3.32. The molecule has 1 fully saturated rings. The molecule has 0 aliphatic heterocycles. The van der Waals surface area contributed by atoms with E-state index in [0.29, 0.717) is 29.1 Å². The third-order valence-electron chi connectivity index (χ3n) is 4.33. The Balaban J connectivity index is 2.37. The van der Waals surface area contributed by atoms with Gasteiger partial charge in [0.15, 0.2) is 0 Å². The first kappa shape index (κ1) is 15.2. The van der Waals surface area contributed by atoms with Crippen molar-refractivity contribution in [1.29, 1.82) is 5.26 Å². The van der Waals surface area contributed by atoms with Gasteiger partial charge in [-0.3, -0.25) is 0 Å². The van der Waals surface area contributed by atoms with Crippen LogP contribution in [-0.4, -0.2) is 19.1 Å². The average Bonchev–Trinajstić information content (AvgIpc) is 2.49. The second-order valence-electron chi connectivity index (χ2n) is 5.38. The first-order valence-corrected chi connectivity index (χ1v) is 7.76. The van der Waals surface area contributed by atoms with Gasteiger partial charge in [-0.1, -0.05) is 30.5 Å². The zero-order valence-electron chi connectivity index (χ0n) is 12.0. The van der Waals surface area contributed by atoms with Gasteiger partial charge >= 0.3 is 0 Å². The van der Waals surface area contributed by atoms with Crippen LogP contribution in [0.25, 0.3) is 0 Å². The van der Waals surface area contributed by atoms with Crippen LogP contribution in [0.5, 0.6) is 0 Å². The van der Waals surface area contributed by atoms with Crippen LogP contribution in [0, 0.1) is 17.2 Å². The maximum atomic E-state index is 9.38. The molecule has 1 aliphatic carbocycles. The topological polar surface area (TPSA) is 53.0 Å². The molecule has 4 heteroatoms. The Morgan fingerprint density at radius 3 is 2.80 bits per heavy atom. The van der Waals surface area contributed by atoms with Gasteiger partial charge in [-0.15, -0.1) is 0 Å². The lowest BCUT2D eigenvalue weighted by atomic mass is 9.83. The van der Waals surface area contributed by atoms with E-state index in [1.165, 1.54) is 19.3 Å². The highest BCUT2D eigenvalue weighted by molar-refractivity contribution is 6.32. The molecule has 20 heavy (non-hydrogen) atoms. The van der Waals surface area contributed by atoms with Gasteiger partial charge in [0.2, 0.25) is 0 Å². The van der Waals surface area contributed by atoms with Crippen molar-refractivity contribution in [2.75, 3.05) is 18.0 Å². The summed E-state index contributed by atoms with van der Waals surface area (Å²) in [6.07, 6.45) is 4.82. The molecular formula is C16H22ClN3. The normalized spacial score (nSPS) is 22.3. The number of hydrogen-bond acceptors (Lipinski definition) is 3. The summed E-state index contributed by atoms with van der Waals surface area (Å²) in [5, 5.41) is 9.91. The summed E-state index contributed by atoms with van der Waals surface area (Å²) in [5.74, 6) is 0.509. The number of hydrogen-bond donors (Lipinski definition) is 1. The van der Waals surface area contributed by atoms with Crippen LogP contribution < -0.4 is 10.6 Å². The Kier molecular flexibility index (Phi) is 5.28. The quantitative estimate of drug-likeness (QED) is 0.923. The Labute approximate surface area is 126 Å². The first-order chi connectivity index (χ1) is 9.72. The smallest absolute Gasteiger partial charge is 0.103 e. The zero-order valence-corrected chi connectivity index (χ0v) is 12.7. The molecule has 2 unspecified atom stereocenters. The Morgan fingerprint density at radius 2 is 2.15 bits per heavy atom. The summed E-state index contributed by atoms with van der Waals surface area (Å²) in [6, 6.07) is 8.36. The number of halogens is 1. The number of nitrogens with zero attached hydrogens (tertiary/aromatic N) is 2. The van der Waals surface area contributed by atoms with Crippen LogP contribution in [0.15, 0.2) is 18.2 Å². The van der Waals surface area contributed by atoms with Gasteiger partial charge in [0, 0.05) is 12.6 Å². The van der Waals surface area contributed by atoms with E-state index in [2.05, 4.69) is 17.9 Å². The summed E-state index contributed by atoms with van der Waals surface area (Å²) < 4.78 is 0. The third-order valence-corrected chi connectivity index (χ3v) is 4.64. The largest absolute Gasteiger partial charge is 0.367 e. The fourth-order valence-corrected chi connectivity index (χ4v) is 3.53. The Hall–Kier alpha value is -1.24. The van der Waals surface area contributed by atoms with Crippen molar-refractivity contribution < 1.29 is 0 Å². The van der Waals surface area contributed by atoms with Crippen molar-refractivity contribution >= 4 is 17.3 Å². The number of nitriles is 1. The molecule has 108 valence electrons. The zero-order chi connectivity index (χ0) is 14.5. The minimum atomic E-state index is 0.421. The molecule has 1 aliphatic rings. The lowest BCUT2D eigenvalue weighted by molar-refractivity contribution is 0.300. The molecule has 1 aromatic rings. The standard InChI is InChI=1S/C16H22ClN3/c1-2-20(15-8-4-3-6-12(15)10-18)16-9-5-7-14(17)13(16)11-19/h5,7,9,12,15H,2-4,6,8,10,18H2,1H3. The van der Waals surface area contributed by atoms with Crippen molar-refractivity contribution in [3.8, 4) is 6.07 Å². The summed E-state index contributed by atoms with van der Waals surface area (Å²) in [4.78, 5) is 2.32. The van der Waals surface area contributed by atoms with Crippen LogP contribution in [0.2, 0.25) is 5.02 Å². The van der Waals surface area contributed by atoms with E-state index in [1.807, 2.05) is 12.1 Å². The lowest BCUT2D eigenvalue weighted by Crippen LogP contribution is -2.45. The van der Waals surface area contributed by atoms with Crippen LogP contribution >= 0.6 is 11.6 Å². The molecule has 2 N–H and O–H groups in total. The Morgan fingerprint density at radius 1 is 1.40 bits per heavy atom. The summed E-state index contributed by atoms with van der Waals surface area (Å²) >= 11 is 6.17. The van der Waals surface area contributed by atoms with E-state index >= 15 is 0 Å². The fraction of sp³-hybridized carbons (Fsp3) is 0.562. The van der Waals surface area contributed by atoms with Crippen molar-refractivity contribution in [3.05, 3.63) is 28.8 Å². The van der Waals surface area contributed by atoms with Gasteiger partial charge in [-0.2, -0.15) is 5.26 Å². The lowest BCUT2D eigenvalue weighted by Gasteiger charge is -2.41. The molecule has 2 atom stereocenters. The average molecular weight is 292 g/mol. The van der Waals surface area contributed by atoms with E-state index in [0.717, 1.165) is 18.7 Å². The molecule has 1 aromatic carbocycles. The van der Waals surface area contributed by atoms with Gasteiger partial charge in [0.05, 0.1) is 16.3 Å². The van der Waals surface area contributed by atoms with Crippen molar-refractivity contribution in [3.63, 3.8) is 0 Å². The molecule has 3 nitrogen and oxygen atoms in total. The summed E-state index contributed by atoms with van der Waals surface area (Å²) in [7, 11) is 0. The van der Waals surface area contributed by atoms with E-state index in [1.54, 1.807) is 6.07 Å². The highest BCUT2D eigenvalue weighted by atomic mass is 35.5. The summed E-state index contributed by atoms with van der Waals surface area (Å²) in [6.45, 7) is 3.71. The number of benzene rings is 1. The van der Waals surface area contributed by atoms with Crippen LogP contribution in [0.1, 0.15) is 38.2 Å². The van der Waals surface area contributed by atoms with Crippen LogP contribution in [0.4, 0.5) is 5.69 Å². The minimum absolute atomic E-state index is 0.421. The van der Waals surface area contributed by atoms with Gasteiger partial charge in [-0.05, 0) is 44.4 Å². The third kappa shape index (κ3) is 2.92. The number of anilines is 1. The van der Waals surface area contributed by atoms with Crippen LogP contribution in [-0.2, 0) is 0 Å². The monoisotopic (exact) mass is 291 g/mol. The number of nitrogens with two attached hydrogens (primary N) is 1. The molecule has 0 radical (unpaired) electrons. The van der Waals surface area contributed by atoms with E-state index in [-0.39, 0.29) is 0 Å². The second kappa shape index (κ2) is 6.97. The SMILES string of the molecule is CCN(c1cccc(Cl)c1C#N)C1CCCCC1CN. The van der Waals surface area contributed by atoms with Gasteiger partial charge < -0.3 is 10.6 Å². The van der Waals surface area contributed by atoms with Gasteiger partial charge in [0.25, 0.3) is 0 Å². The van der Waals surface area contributed by atoms with Crippen molar-refractivity contribution in [1.82, 2.24) is 0 Å². The molecule has 0 aromatic heterocycles. The molecule has 0 bridgehead atoms. The predicted molar refractivity (Wildman–Crippen MR) is 84.0 cm³/mol. The van der Waals surface area contributed by atoms with Gasteiger partial charge in [0.1, 0.15) is 6.07 Å². The highest BCUT2D eigenvalue weighted by Crippen LogP contribution is 2.34. The van der Waals surface area contributed by atoms with Crippen LogP contribution in [0.3, 0.4) is 0 Å².